The van der Waals surface area contributed by atoms with E-state index in [-0.39, 0.29) is 0 Å². The SMILES string of the molecule is Nc1nccnc1-c1ccc(-c2ccccc2)cc1. The Balaban J connectivity index is 1.98. The zero-order valence-corrected chi connectivity index (χ0v) is 10.3. The molecule has 2 aromatic carbocycles. The first-order valence-corrected chi connectivity index (χ1v) is 6.07. The number of hydrogen-bond acceptors (Lipinski definition) is 3. The Labute approximate surface area is 111 Å². The number of hydrogen-bond donors (Lipinski definition) is 1. The standard InChI is InChI=1S/C16H13N3/c17-16-15(18-10-11-19-16)14-8-6-13(7-9-14)12-4-2-1-3-5-12/h1-11H,(H2,17,19). The molecule has 0 saturated carbocycles. The summed E-state index contributed by atoms with van der Waals surface area (Å²) in [5.41, 5.74) is 9.90. The lowest BCUT2D eigenvalue weighted by Crippen LogP contribution is -1.95. The molecule has 0 bridgehead atoms. The molecule has 3 aromatic rings. The van der Waals surface area contributed by atoms with Crippen molar-refractivity contribution in [3.63, 3.8) is 0 Å². The maximum Gasteiger partial charge on any atom is 0.149 e. The van der Waals surface area contributed by atoms with Crippen LogP contribution < -0.4 is 5.73 Å². The number of nitrogens with two attached hydrogens (primary N) is 1. The van der Waals surface area contributed by atoms with Crippen LogP contribution >= 0.6 is 0 Å². The fraction of sp³-hybridized carbons (Fsp3) is 0. The van der Waals surface area contributed by atoms with E-state index >= 15 is 0 Å². The molecule has 0 radical (unpaired) electrons. The third-order valence-electron chi connectivity index (χ3n) is 2.99. The van der Waals surface area contributed by atoms with Crippen LogP contribution in [0.1, 0.15) is 0 Å². The second-order valence-corrected chi connectivity index (χ2v) is 4.23. The fourth-order valence-electron chi connectivity index (χ4n) is 2.02. The minimum Gasteiger partial charge on any atom is -0.382 e. The van der Waals surface area contributed by atoms with E-state index in [0.717, 1.165) is 11.3 Å². The van der Waals surface area contributed by atoms with Gasteiger partial charge < -0.3 is 5.73 Å². The van der Waals surface area contributed by atoms with Gasteiger partial charge in [0.15, 0.2) is 0 Å². The van der Waals surface area contributed by atoms with Gasteiger partial charge in [0, 0.05) is 18.0 Å². The van der Waals surface area contributed by atoms with E-state index in [0.29, 0.717) is 5.82 Å². The third-order valence-corrected chi connectivity index (χ3v) is 2.99. The summed E-state index contributed by atoms with van der Waals surface area (Å²) in [5.74, 6) is 0.454. The van der Waals surface area contributed by atoms with Crippen molar-refractivity contribution in [1.29, 1.82) is 0 Å². The van der Waals surface area contributed by atoms with Crippen LogP contribution in [0.3, 0.4) is 0 Å². The summed E-state index contributed by atoms with van der Waals surface area (Å²) in [6.07, 6.45) is 3.24. The van der Waals surface area contributed by atoms with Gasteiger partial charge in [-0.2, -0.15) is 0 Å². The van der Waals surface area contributed by atoms with Gasteiger partial charge in [-0.15, -0.1) is 0 Å². The molecule has 0 unspecified atom stereocenters. The van der Waals surface area contributed by atoms with Crippen LogP contribution in [0, 0.1) is 0 Å². The topological polar surface area (TPSA) is 51.8 Å². The van der Waals surface area contributed by atoms with Crippen LogP contribution in [0.2, 0.25) is 0 Å². The van der Waals surface area contributed by atoms with Gasteiger partial charge in [-0.25, -0.2) is 4.98 Å². The second-order valence-electron chi connectivity index (χ2n) is 4.23. The Morgan fingerprint density at radius 2 is 1.21 bits per heavy atom. The molecule has 0 amide bonds. The van der Waals surface area contributed by atoms with Gasteiger partial charge >= 0.3 is 0 Å². The molecule has 2 N–H and O–H groups in total. The number of nitrogen functional groups attached to an aromatic ring is 1. The largest absolute Gasteiger partial charge is 0.382 e. The van der Waals surface area contributed by atoms with Gasteiger partial charge in [-0.05, 0) is 11.1 Å². The highest BCUT2D eigenvalue weighted by Gasteiger charge is 2.04. The van der Waals surface area contributed by atoms with Gasteiger partial charge in [0.05, 0.1) is 0 Å². The lowest BCUT2D eigenvalue weighted by Gasteiger charge is -2.05. The lowest BCUT2D eigenvalue weighted by molar-refractivity contribution is 1.22. The van der Waals surface area contributed by atoms with E-state index in [1.807, 2.05) is 30.3 Å². The molecule has 0 fully saturated rings. The van der Waals surface area contributed by atoms with Gasteiger partial charge in [0.25, 0.3) is 0 Å². The van der Waals surface area contributed by atoms with Gasteiger partial charge in [-0.3, -0.25) is 4.98 Å². The molecule has 3 heteroatoms. The van der Waals surface area contributed by atoms with E-state index in [2.05, 4.69) is 34.2 Å². The van der Waals surface area contributed by atoms with E-state index in [4.69, 9.17) is 5.73 Å². The molecule has 3 rings (SSSR count). The summed E-state index contributed by atoms with van der Waals surface area (Å²) < 4.78 is 0. The highest BCUT2D eigenvalue weighted by atomic mass is 14.9. The van der Waals surface area contributed by atoms with Crippen molar-refractivity contribution in [2.24, 2.45) is 0 Å². The first-order valence-electron chi connectivity index (χ1n) is 6.07. The number of nitrogens with zero attached hydrogens (tertiary/aromatic N) is 2. The quantitative estimate of drug-likeness (QED) is 0.755. The van der Waals surface area contributed by atoms with Crippen LogP contribution in [0.15, 0.2) is 67.0 Å². The zero-order chi connectivity index (χ0) is 13.1. The van der Waals surface area contributed by atoms with Crippen LogP contribution in [0.5, 0.6) is 0 Å². The van der Waals surface area contributed by atoms with E-state index in [1.165, 1.54) is 11.1 Å². The molecule has 3 nitrogen and oxygen atoms in total. The molecule has 0 aliphatic heterocycles. The van der Waals surface area contributed by atoms with Crippen molar-refractivity contribution in [1.82, 2.24) is 9.97 Å². The molecule has 0 spiro atoms. The van der Waals surface area contributed by atoms with Crippen molar-refractivity contribution < 1.29 is 0 Å². The first kappa shape index (κ1) is 11.4. The van der Waals surface area contributed by atoms with Gasteiger partial charge in [0.2, 0.25) is 0 Å². The van der Waals surface area contributed by atoms with E-state index < -0.39 is 0 Å². The summed E-state index contributed by atoms with van der Waals surface area (Å²) in [5, 5.41) is 0. The predicted molar refractivity (Wildman–Crippen MR) is 77.3 cm³/mol. The lowest BCUT2D eigenvalue weighted by atomic mass is 10.0. The number of aromatic nitrogens is 2. The average molecular weight is 247 g/mol. The monoisotopic (exact) mass is 247 g/mol. The van der Waals surface area contributed by atoms with Crippen molar-refractivity contribution in [3.05, 3.63) is 67.0 Å². The normalized spacial score (nSPS) is 10.3. The van der Waals surface area contributed by atoms with E-state index in [9.17, 15) is 0 Å². The molecular weight excluding hydrogens is 234 g/mol. The fourth-order valence-corrected chi connectivity index (χ4v) is 2.02. The molecule has 0 aliphatic carbocycles. The molecule has 19 heavy (non-hydrogen) atoms. The summed E-state index contributed by atoms with van der Waals surface area (Å²) in [7, 11) is 0. The van der Waals surface area contributed by atoms with Crippen LogP contribution in [-0.4, -0.2) is 9.97 Å². The van der Waals surface area contributed by atoms with Crippen LogP contribution in [0.25, 0.3) is 22.4 Å². The minimum absolute atomic E-state index is 0.454. The van der Waals surface area contributed by atoms with Crippen molar-refractivity contribution in [2.75, 3.05) is 5.73 Å². The first-order chi connectivity index (χ1) is 9.34. The minimum atomic E-state index is 0.454. The van der Waals surface area contributed by atoms with Gasteiger partial charge in [0.1, 0.15) is 11.5 Å². The number of rotatable bonds is 2. The summed E-state index contributed by atoms with van der Waals surface area (Å²) in [6.45, 7) is 0. The van der Waals surface area contributed by atoms with Crippen LogP contribution in [-0.2, 0) is 0 Å². The average Bonchev–Trinajstić information content (AvgIpc) is 2.49. The Morgan fingerprint density at radius 3 is 1.89 bits per heavy atom. The van der Waals surface area contributed by atoms with Crippen molar-refractivity contribution in [3.8, 4) is 22.4 Å². The summed E-state index contributed by atoms with van der Waals surface area (Å²) in [6, 6.07) is 18.4. The molecular formula is C16H13N3. The Kier molecular flexibility index (Phi) is 2.94. The number of benzene rings is 2. The molecule has 1 aromatic heterocycles. The molecule has 92 valence electrons. The molecule has 0 atom stereocenters. The third kappa shape index (κ3) is 2.31. The maximum atomic E-state index is 5.83. The van der Waals surface area contributed by atoms with Crippen LogP contribution in [0.4, 0.5) is 5.82 Å². The highest BCUT2D eigenvalue weighted by Crippen LogP contribution is 2.25. The summed E-state index contributed by atoms with van der Waals surface area (Å²) >= 11 is 0. The molecule has 0 saturated heterocycles. The Bertz CT molecular complexity index is 676. The molecule has 1 heterocycles. The van der Waals surface area contributed by atoms with Crippen molar-refractivity contribution in [2.45, 2.75) is 0 Å². The predicted octanol–water partition coefficient (Wildman–Crippen LogP) is 3.39. The summed E-state index contributed by atoms with van der Waals surface area (Å²) in [4.78, 5) is 8.31. The van der Waals surface area contributed by atoms with E-state index in [1.54, 1.807) is 12.4 Å². The maximum absolute atomic E-state index is 5.83. The zero-order valence-electron chi connectivity index (χ0n) is 10.3. The Hall–Kier alpha value is -2.68. The Morgan fingerprint density at radius 1 is 0.632 bits per heavy atom. The number of anilines is 1. The van der Waals surface area contributed by atoms with Crippen molar-refractivity contribution >= 4 is 5.82 Å². The smallest absolute Gasteiger partial charge is 0.149 e. The highest BCUT2D eigenvalue weighted by molar-refractivity contribution is 5.73. The molecule has 0 aliphatic rings. The second kappa shape index (κ2) is 4.90. The van der Waals surface area contributed by atoms with Gasteiger partial charge in [-0.1, -0.05) is 54.6 Å².